The van der Waals surface area contributed by atoms with Crippen LogP contribution in [0.15, 0.2) is 0 Å². The van der Waals surface area contributed by atoms with Gasteiger partial charge in [-0.15, -0.1) is 16.6 Å². The summed E-state index contributed by atoms with van der Waals surface area (Å²) in [7, 11) is -1.51. The maximum Gasteiger partial charge on any atom is 0.200 e. The van der Waals surface area contributed by atoms with Crippen LogP contribution in [0.5, 0.6) is 0 Å². The molecule has 185 valence electrons. The minimum absolute atomic E-state index is 0.613. The Balaban J connectivity index is 3.06. The summed E-state index contributed by atoms with van der Waals surface area (Å²) in [6.07, 6.45) is 0. The second-order valence-electron chi connectivity index (χ2n) is 9.33. The number of benzene rings is 2. The highest BCUT2D eigenvalue weighted by Crippen LogP contribution is 2.58. The lowest BCUT2D eigenvalue weighted by atomic mass is 9.40. The van der Waals surface area contributed by atoms with Crippen LogP contribution in [0.2, 0.25) is 0 Å². The van der Waals surface area contributed by atoms with Crippen molar-refractivity contribution >= 4 is 25.6 Å². The van der Waals surface area contributed by atoms with Gasteiger partial charge in [0.15, 0.2) is 34.9 Å². The van der Waals surface area contributed by atoms with Crippen molar-refractivity contribution in [2.24, 2.45) is 0 Å². The third-order valence-electron chi connectivity index (χ3n) is 4.73. The standard InChI is InChI=1S/C22H18BF10P/c1-21(2,3)34(22(4,5)6)8-7-23(9-11(24)15(28)19(32)16(29)12(9)25)10-13(26)17(30)20(33)18(31)14(10)27/h1-6H3/q-1. The third kappa shape index (κ3) is 4.93. The molecule has 0 bridgehead atoms. The van der Waals surface area contributed by atoms with E-state index >= 15 is 0 Å². The average molecular weight is 514 g/mol. The van der Waals surface area contributed by atoms with Gasteiger partial charge in [-0.25, -0.2) is 43.9 Å². The molecule has 0 aliphatic rings. The first-order chi connectivity index (χ1) is 15.3. The van der Waals surface area contributed by atoms with E-state index in [1.54, 1.807) is 41.5 Å². The highest BCUT2D eigenvalue weighted by Gasteiger charge is 2.34. The molecule has 0 aliphatic heterocycles. The summed E-state index contributed by atoms with van der Waals surface area (Å²) in [5.41, 5.74) is -1.07. The lowest BCUT2D eigenvalue weighted by Crippen LogP contribution is -2.50. The van der Waals surface area contributed by atoms with Gasteiger partial charge in [0.1, 0.15) is 23.3 Å². The summed E-state index contributed by atoms with van der Waals surface area (Å²) in [4.78, 5) is 0. The fourth-order valence-electron chi connectivity index (χ4n) is 3.51. The van der Waals surface area contributed by atoms with E-state index in [4.69, 9.17) is 0 Å². The van der Waals surface area contributed by atoms with Crippen LogP contribution in [0.4, 0.5) is 43.9 Å². The van der Waals surface area contributed by atoms with Crippen molar-refractivity contribution in [3.63, 3.8) is 0 Å². The van der Waals surface area contributed by atoms with Gasteiger partial charge in [-0.2, -0.15) is 0 Å². The highest BCUT2D eigenvalue weighted by molar-refractivity contribution is 7.66. The molecule has 0 aliphatic carbocycles. The van der Waals surface area contributed by atoms with Crippen molar-refractivity contribution < 1.29 is 43.9 Å². The minimum atomic E-state index is -2.70. The molecule has 0 N–H and O–H groups in total. The lowest BCUT2D eigenvalue weighted by Gasteiger charge is -2.38. The van der Waals surface area contributed by atoms with Crippen molar-refractivity contribution in [2.45, 2.75) is 51.9 Å². The van der Waals surface area contributed by atoms with Crippen molar-refractivity contribution in [2.75, 3.05) is 0 Å². The summed E-state index contributed by atoms with van der Waals surface area (Å²) < 4.78 is 141. The van der Waals surface area contributed by atoms with Gasteiger partial charge in [0, 0.05) is 6.71 Å². The Hall–Kier alpha value is -2.21. The molecule has 0 saturated carbocycles. The van der Waals surface area contributed by atoms with Crippen molar-refractivity contribution in [3.8, 4) is 11.5 Å². The van der Waals surface area contributed by atoms with Gasteiger partial charge in [0.25, 0.3) is 0 Å². The predicted molar refractivity (Wildman–Crippen MR) is 112 cm³/mol. The first-order valence-electron chi connectivity index (χ1n) is 9.68. The zero-order chi connectivity index (χ0) is 26.5. The van der Waals surface area contributed by atoms with E-state index in [1.165, 1.54) is 0 Å². The minimum Gasteiger partial charge on any atom is -0.335 e. The van der Waals surface area contributed by atoms with Gasteiger partial charge in [-0.05, 0) is 18.2 Å². The van der Waals surface area contributed by atoms with Gasteiger partial charge in [0.05, 0.1) is 0 Å². The Kier molecular flexibility index (Phi) is 7.79. The van der Waals surface area contributed by atoms with E-state index in [0.29, 0.717) is 0 Å². The summed E-state index contributed by atoms with van der Waals surface area (Å²) in [6, 6.07) is 0. The van der Waals surface area contributed by atoms with Gasteiger partial charge < -0.3 is 5.82 Å². The van der Waals surface area contributed by atoms with Gasteiger partial charge >= 0.3 is 0 Å². The van der Waals surface area contributed by atoms with E-state index in [0.717, 1.165) is 0 Å². The number of hydrogen-bond acceptors (Lipinski definition) is 0. The van der Waals surface area contributed by atoms with Crippen LogP contribution in [-0.4, -0.2) is 17.0 Å². The molecule has 0 fully saturated rings. The SMILES string of the molecule is CC(C)(C)P(C#C[B-](c1c(F)c(F)c(F)c(F)c1F)c1c(F)c(F)c(F)c(F)c1F)C(C)(C)C. The topological polar surface area (TPSA) is 0 Å². The van der Waals surface area contributed by atoms with E-state index in [2.05, 4.69) is 11.5 Å². The van der Waals surface area contributed by atoms with Crippen LogP contribution in [0.25, 0.3) is 0 Å². The molecular formula is C22H18BF10P-. The van der Waals surface area contributed by atoms with Crippen LogP contribution in [-0.2, 0) is 0 Å². The van der Waals surface area contributed by atoms with E-state index < -0.39 is 94.0 Å². The average Bonchev–Trinajstić information content (AvgIpc) is 2.71. The molecule has 12 heteroatoms. The first kappa shape index (κ1) is 28.0. The highest BCUT2D eigenvalue weighted by atomic mass is 31.1. The molecule has 1 radical (unpaired) electrons. The zero-order valence-electron chi connectivity index (χ0n) is 18.8. The fraction of sp³-hybridized carbons (Fsp3) is 0.364. The maximum atomic E-state index is 14.6. The number of rotatable bonds is 2. The van der Waals surface area contributed by atoms with Crippen LogP contribution < -0.4 is 10.9 Å². The molecule has 0 atom stereocenters. The largest absolute Gasteiger partial charge is 0.335 e. The molecule has 0 unspecified atom stereocenters. The molecular weight excluding hydrogens is 496 g/mol. The molecule has 0 amide bonds. The van der Waals surface area contributed by atoms with Crippen LogP contribution in [0.3, 0.4) is 0 Å². The lowest BCUT2D eigenvalue weighted by molar-refractivity contribution is 0.382. The second kappa shape index (κ2) is 9.45. The zero-order valence-corrected chi connectivity index (χ0v) is 19.7. The Morgan fingerprint density at radius 1 is 0.471 bits per heavy atom. The number of halogens is 10. The van der Waals surface area contributed by atoms with Crippen molar-refractivity contribution in [1.82, 2.24) is 0 Å². The molecule has 2 aromatic carbocycles. The molecule has 0 aromatic heterocycles. The van der Waals surface area contributed by atoms with Crippen LogP contribution >= 0.6 is 7.92 Å². The molecule has 2 aromatic rings. The summed E-state index contributed by atoms with van der Waals surface area (Å²) in [5, 5.41) is -1.23. The molecule has 2 rings (SSSR count). The smallest absolute Gasteiger partial charge is 0.200 e. The summed E-state index contributed by atoms with van der Waals surface area (Å²) in [6.45, 7) is 7.66. The van der Waals surface area contributed by atoms with Crippen LogP contribution in [0.1, 0.15) is 41.5 Å². The Morgan fingerprint density at radius 3 is 0.941 bits per heavy atom. The normalized spacial score (nSPS) is 12.4. The van der Waals surface area contributed by atoms with E-state index in [-0.39, 0.29) is 0 Å². The molecule has 0 saturated heterocycles. The molecule has 0 nitrogen and oxygen atoms in total. The second-order valence-corrected chi connectivity index (χ2v) is 12.9. The third-order valence-corrected chi connectivity index (χ3v) is 7.76. The molecule has 0 spiro atoms. The van der Waals surface area contributed by atoms with Gasteiger partial charge in [0.2, 0.25) is 0 Å². The van der Waals surface area contributed by atoms with Gasteiger partial charge in [-0.3, -0.25) is 0 Å². The molecule has 0 heterocycles. The Bertz CT molecular complexity index is 1060. The Labute approximate surface area is 191 Å². The summed E-state index contributed by atoms with van der Waals surface area (Å²) in [5.74, 6) is -22.9. The number of hydrogen-bond donors (Lipinski definition) is 0. The van der Waals surface area contributed by atoms with E-state index in [9.17, 15) is 43.9 Å². The maximum absolute atomic E-state index is 14.6. The van der Waals surface area contributed by atoms with Gasteiger partial charge in [-0.1, -0.05) is 41.5 Å². The predicted octanol–water partition coefficient (Wildman–Crippen LogP) is 6.27. The quantitative estimate of drug-likeness (QED) is 0.111. The summed E-state index contributed by atoms with van der Waals surface area (Å²) >= 11 is 0. The van der Waals surface area contributed by atoms with Crippen LogP contribution in [0, 0.1) is 69.7 Å². The van der Waals surface area contributed by atoms with E-state index in [1.807, 2.05) is 0 Å². The van der Waals surface area contributed by atoms with Crippen molar-refractivity contribution in [1.29, 1.82) is 0 Å². The fourth-order valence-corrected chi connectivity index (χ4v) is 6.45. The monoisotopic (exact) mass is 514 g/mol. The molecule has 34 heavy (non-hydrogen) atoms. The first-order valence-corrected chi connectivity index (χ1v) is 11.0. The Morgan fingerprint density at radius 2 is 0.706 bits per heavy atom. The van der Waals surface area contributed by atoms with Crippen molar-refractivity contribution in [3.05, 3.63) is 58.2 Å².